The van der Waals surface area contributed by atoms with Gasteiger partial charge < -0.3 is 10.2 Å². The van der Waals surface area contributed by atoms with E-state index in [0.29, 0.717) is 17.1 Å². The molecule has 0 bridgehead atoms. The number of rotatable bonds is 10. The first-order valence-corrected chi connectivity index (χ1v) is 8.93. The highest BCUT2D eigenvalue weighted by atomic mass is 32.2. The average molecular weight is 313 g/mol. The van der Waals surface area contributed by atoms with E-state index in [1.165, 1.54) is 0 Å². The van der Waals surface area contributed by atoms with Gasteiger partial charge in [-0.25, -0.2) is 13.1 Å². The molecule has 0 saturated carbocycles. The topological polar surface area (TPSA) is 61.4 Å². The summed E-state index contributed by atoms with van der Waals surface area (Å²) in [6.45, 7) is 4.21. The summed E-state index contributed by atoms with van der Waals surface area (Å²) >= 11 is 0. The van der Waals surface area contributed by atoms with Crippen molar-refractivity contribution in [3.8, 4) is 0 Å². The first-order valence-electron chi connectivity index (χ1n) is 7.44. The van der Waals surface area contributed by atoms with Crippen LogP contribution in [0.4, 0.5) is 5.69 Å². The maximum absolute atomic E-state index is 12.2. The smallest absolute Gasteiger partial charge is 0.242 e. The fourth-order valence-electron chi connectivity index (χ4n) is 1.94. The van der Waals surface area contributed by atoms with Gasteiger partial charge in [-0.15, -0.1) is 0 Å². The second kappa shape index (κ2) is 9.02. The minimum absolute atomic E-state index is 0.325. The van der Waals surface area contributed by atoms with Crippen LogP contribution in [-0.4, -0.2) is 47.0 Å². The highest BCUT2D eigenvalue weighted by Gasteiger charge is 2.16. The predicted octanol–water partition coefficient (Wildman–Crippen LogP) is 2.13. The fraction of sp³-hybridized carbons (Fsp3) is 0.600. The summed E-state index contributed by atoms with van der Waals surface area (Å²) in [6.07, 6.45) is 2.87. The predicted molar refractivity (Wildman–Crippen MR) is 88.2 cm³/mol. The molecule has 0 aromatic heterocycles. The van der Waals surface area contributed by atoms with Crippen molar-refractivity contribution >= 4 is 15.7 Å². The van der Waals surface area contributed by atoms with Crippen LogP contribution in [0.1, 0.15) is 26.2 Å². The molecular weight excluding hydrogens is 286 g/mol. The Balaban J connectivity index is 2.63. The summed E-state index contributed by atoms with van der Waals surface area (Å²) in [5, 5.41) is 3.23. The lowest BCUT2D eigenvalue weighted by Gasteiger charge is -2.13. The molecule has 0 aliphatic carbocycles. The third-order valence-corrected chi connectivity index (χ3v) is 4.59. The SMILES string of the molecule is CCCNS(=O)(=O)c1ccccc1NCCCCN(C)C. The fourth-order valence-corrected chi connectivity index (χ4v) is 3.25. The molecule has 1 aromatic carbocycles. The van der Waals surface area contributed by atoms with Crippen LogP contribution < -0.4 is 10.0 Å². The molecular formula is C15H27N3O2S. The second-order valence-electron chi connectivity index (χ2n) is 5.33. The molecule has 1 rings (SSSR count). The molecule has 0 radical (unpaired) electrons. The van der Waals surface area contributed by atoms with Gasteiger partial charge in [0.25, 0.3) is 0 Å². The van der Waals surface area contributed by atoms with Crippen molar-refractivity contribution in [1.29, 1.82) is 0 Å². The largest absolute Gasteiger partial charge is 0.384 e. The van der Waals surface area contributed by atoms with Crippen molar-refractivity contribution in [2.45, 2.75) is 31.1 Å². The molecule has 21 heavy (non-hydrogen) atoms. The van der Waals surface area contributed by atoms with Crippen molar-refractivity contribution in [2.24, 2.45) is 0 Å². The van der Waals surface area contributed by atoms with Gasteiger partial charge in [-0.05, 0) is 52.0 Å². The summed E-state index contributed by atoms with van der Waals surface area (Å²) in [7, 11) is 0.671. The van der Waals surface area contributed by atoms with Crippen LogP contribution in [0.3, 0.4) is 0 Å². The number of nitrogens with zero attached hydrogens (tertiary/aromatic N) is 1. The maximum atomic E-state index is 12.2. The van der Waals surface area contributed by atoms with E-state index in [9.17, 15) is 8.42 Å². The molecule has 120 valence electrons. The van der Waals surface area contributed by atoms with Gasteiger partial charge in [0.15, 0.2) is 0 Å². The Kier molecular flexibility index (Phi) is 7.71. The number of benzene rings is 1. The molecule has 0 atom stereocenters. The van der Waals surface area contributed by atoms with Crippen LogP contribution in [0.2, 0.25) is 0 Å². The average Bonchev–Trinajstić information content (AvgIpc) is 2.45. The number of nitrogens with one attached hydrogen (secondary N) is 2. The van der Waals surface area contributed by atoms with Crippen LogP contribution >= 0.6 is 0 Å². The molecule has 0 aliphatic rings. The lowest BCUT2D eigenvalue weighted by molar-refractivity contribution is 0.396. The van der Waals surface area contributed by atoms with Crippen LogP contribution in [0, 0.1) is 0 Å². The lowest BCUT2D eigenvalue weighted by Crippen LogP contribution is -2.25. The molecule has 0 unspecified atom stereocenters. The van der Waals surface area contributed by atoms with Gasteiger partial charge in [0.05, 0.1) is 5.69 Å². The molecule has 0 heterocycles. The summed E-state index contributed by atoms with van der Waals surface area (Å²) < 4.78 is 27.1. The number of hydrogen-bond donors (Lipinski definition) is 2. The van der Waals surface area contributed by atoms with Gasteiger partial charge >= 0.3 is 0 Å². The first-order chi connectivity index (χ1) is 9.97. The number of anilines is 1. The standard InChI is InChI=1S/C15H27N3O2S/c1-4-11-17-21(19,20)15-10-6-5-9-14(15)16-12-7-8-13-18(2)3/h5-6,9-10,16-17H,4,7-8,11-13H2,1-3H3. The van der Waals surface area contributed by atoms with E-state index >= 15 is 0 Å². The molecule has 5 nitrogen and oxygen atoms in total. The van der Waals surface area contributed by atoms with E-state index in [4.69, 9.17) is 0 Å². The van der Waals surface area contributed by atoms with Crippen molar-refractivity contribution < 1.29 is 8.42 Å². The monoisotopic (exact) mass is 313 g/mol. The van der Waals surface area contributed by atoms with Crippen LogP contribution in [0.25, 0.3) is 0 Å². The maximum Gasteiger partial charge on any atom is 0.242 e. The summed E-state index contributed by atoms with van der Waals surface area (Å²) in [6, 6.07) is 7.05. The number of unbranched alkanes of at least 4 members (excludes halogenated alkanes) is 1. The molecule has 1 aromatic rings. The molecule has 0 aliphatic heterocycles. The van der Waals surface area contributed by atoms with E-state index in [-0.39, 0.29) is 0 Å². The number of hydrogen-bond acceptors (Lipinski definition) is 4. The number of sulfonamides is 1. The van der Waals surface area contributed by atoms with Gasteiger partial charge in [-0.2, -0.15) is 0 Å². The van der Waals surface area contributed by atoms with Gasteiger partial charge in [0.1, 0.15) is 4.90 Å². The van der Waals surface area contributed by atoms with Crippen molar-refractivity contribution in [2.75, 3.05) is 39.0 Å². The second-order valence-corrected chi connectivity index (χ2v) is 7.07. The van der Waals surface area contributed by atoms with Crippen molar-refractivity contribution in [3.63, 3.8) is 0 Å². The normalized spacial score (nSPS) is 11.8. The highest BCUT2D eigenvalue weighted by molar-refractivity contribution is 7.89. The van der Waals surface area contributed by atoms with Gasteiger partial charge in [0, 0.05) is 13.1 Å². The van der Waals surface area contributed by atoms with Crippen LogP contribution in [0.15, 0.2) is 29.2 Å². The zero-order chi connectivity index (χ0) is 15.7. The van der Waals surface area contributed by atoms with E-state index in [0.717, 1.165) is 32.4 Å². The summed E-state index contributed by atoms with van der Waals surface area (Å²) in [5.41, 5.74) is 0.672. The van der Waals surface area contributed by atoms with Gasteiger partial charge in [-0.1, -0.05) is 19.1 Å². The third kappa shape index (κ3) is 6.46. The number of para-hydroxylation sites is 1. The molecule has 0 spiro atoms. The minimum Gasteiger partial charge on any atom is -0.384 e. The zero-order valence-electron chi connectivity index (χ0n) is 13.2. The Labute approximate surface area is 128 Å². The Bertz CT molecular complexity index is 515. The Morgan fingerprint density at radius 2 is 1.81 bits per heavy atom. The van der Waals surface area contributed by atoms with Crippen molar-refractivity contribution in [1.82, 2.24) is 9.62 Å². The van der Waals surface area contributed by atoms with Crippen LogP contribution in [0.5, 0.6) is 0 Å². The van der Waals surface area contributed by atoms with E-state index < -0.39 is 10.0 Å². The summed E-state index contributed by atoms with van der Waals surface area (Å²) in [4.78, 5) is 2.47. The minimum atomic E-state index is -3.43. The molecule has 0 amide bonds. The van der Waals surface area contributed by atoms with E-state index in [1.807, 2.05) is 19.1 Å². The van der Waals surface area contributed by atoms with E-state index in [2.05, 4.69) is 29.0 Å². The van der Waals surface area contributed by atoms with Crippen molar-refractivity contribution in [3.05, 3.63) is 24.3 Å². The van der Waals surface area contributed by atoms with Gasteiger partial charge in [0.2, 0.25) is 10.0 Å². The Morgan fingerprint density at radius 3 is 2.48 bits per heavy atom. The van der Waals surface area contributed by atoms with Gasteiger partial charge in [-0.3, -0.25) is 0 Å². The Hall–Kier alpha value is -1.11. The molecule has 2 N–H and O–H groups in total. The Morgan fingerprint density at radius 1 is 1.10 bits per heavy atom. The molecule has 0 fully saturated rings. The molecule has 0 saturated heterocycles. The first kappa shape index (κ1) is 17.9. The highest BCUT2D eigenvalue weighted by Crippen LogP contribution is 2.20. The third-order valence-electron chi connectivity index (χ3n) is 3.07. The quantitative estimate of drug-likeness (QED) is 0.650. The van der Waals surface area contributed by atoms with E-state index in [1.54, 1.807) is 12.1 Å². The van der Waals surface area contributed by atoms with Crippen LogP contribution in [-0.2, 0) is 10.0 Å². The zero-order valence-corrected chi connectivity index (χ0v) is 14.0. The lowest BCUT2D eigenvalue weighted by atomic mass is 10.2. The molecule has 6 heteroatoms. The summed E-state index contributed by atoms with van der Waals surface area (Å²) in [5.74, 6) is 0.